The van der Waals surface area contributed by atoms with Crippen molar-refractivity contribution in [1.82, 2.24) is 15.0 Å². The molecule has 0 amide bonds. The van der Waals surface area contributed by atoms with Gasteiger partial charge in [-0.05, 0) is 89.2 Å². The van der Waals surface area contributed by atoms with Crippen LogP contribution < -0.4 is 0 Å². The first kappa shape index (κ1) is 26.4. The van der Waals surface area contributed by atoms with E-state index in [-0.39, 0.29) is 48.1 Å². The summed E-state index contributed by atoms with van der Waals surface area (Å²) in [6.45, 7) is 6.74. The van der Waals surface area contributed by atoms with Crippen LogP contribution in [0.5, 0.6) is 0 Å². The fourth-order valence-corrected chi connectivity index (χ4v) is 5.58. The van der Waals surface area contributed by atoms with Crippen LogP contribution in [0.2, 0.25) is 0 Å². The number of aryl methyl sites for hydroxylation is 3. The van der Waals surface area contributed by atoms with Crippen molar-refractivity contribution in [3.8, 4) is 22.5 Å². The second-order valence-electron chi connectivity index (χ2n) is 13.4. The van der Waals surface area contributed by atoms with Crippen LogP contribution in [0.3, 0.4) is 0 Å². The van der Waals surface area contributed by atoms with Gasteiger partial charge in [-0.3, -0.25) is 0 Å². The van der Waals surface area contributed by atoms with Crippen LogP contribution in [0.1, 0.15) is 79.1 Å². The van der Waals surface area contributed by atoms with Crippen LogP contribution in [0.4, 0.5) is 0 Å². The summed E-state index contributed by atoms with van der Waals surface area (Å²) in [6, 6.07) is 33.7. The molecule has 1 radical (unpaired) electrons. The average molecular weight is 830 g/mol. The first-order valence-electron chi connectivity index (χ1n) is 19.9. The Morgan fingerprint density at radius 1 is 0.796 bits per heavy atom. The van der Waals surface area contributed by atoms with Crippen molar-refractivity contribution >= 4 is 22.1 Å². The van der Waals surface area contributed by atoms with Crippen molar-refractivity contribution in [2.75, 3.05) is 0 Å². The molecular weight excluding hydrogens is 779 g/mol. The zero-order valence-corrected chi connectivity index (χ0v) is 30.8. The minimum absolute atomic E-state index is 0. The molecule has 0 saturated carbocycles. The molecule has 4 heterocycles. The monoisotopic (exact) mass is 830 g/mol. The van der Waals surface area contributed by atoms with E-state index in [0.29, 0.717) is 33.2 Å². The minimum Gasteiger partial charge on any atom is -0.486 e. The van der Waals surface area contributed by atoms with Crippen LogP contribution in [0.15, 0.2) is 108 Å². The number of hydrogen-bond acceptors (Lipinski definition) is 4. The van der Waals surface area contributed by atoms with Crippen molar-refractivity contribution in [3.63, 3.8) is 0 Å². The van der Waals surface area contributed by atoms with Crippen molar-refractivity contribution in [2.24, 2.45) is 0 Å². The number of nitrogens with zero attached hydrogens (tertiary/aromatic N) is 3. The Kier molecular flexibility index (Phi) is 7.86. The van der Waals surface area contributed by atoms with Crippen LogP contribution >= 0.6 is 0 Å². The van der Waals surface area contributed by atoms with E-state index in [2.05, 4.69) is 53.9 Å². The molecular formula is C44H43IrN3O-2. The molecule has 4 nitrogen and oxygen atoms in total. The predicted molar refractivity (Wildman–Crippen MR) is 198 cm³/mol. The van der Waals surface area contributed by atoms with Crippen molar-refractivity contribution in [1.29, 1.82) is 0 Å². The smallest absolute Gasteiger partial charge is 0.216 e. The summed E-state index contributed by atoms with van der Waals surface area (Å²) >= 11 is 0. The van der Waals surface area contributed by atoms with Gasteiger partial charge >= 0.3 is 0 Å². The van der Waals surface area contributed by atoms with Gasteiger partial charge in [-0.15, -0.1) is 54.1 Å². The number of benzene rings is 3. The molecule has 4 aromatic heterocycles. The normalized spacial score (nSPS) is 14.8. The first-order chi connectivity index (χ1) is 26.1. The molecule has 0 fully saturated rings. The van der Waals surface area contributed by atoms with Gasteiger partial charge in [0.15, 0.2) is 0 Å². The maximum atomic E-state index is 9.27. The van der Waals surface area contributed by atoms with Gasteiger partial charge in [-0.2, -0.15) is 0 Å². The Balaban J connectivity index is 0.000000374. The third-order valence-electron chi connectivity index (χ3n) is 8.24. The van der Waals surface area contributed by atoms with Gasteiger partial charge in [0, 0.05) is 54.5 Å². The molecule has 49 heavy (non-hydrogen) atoms. The summed E-state index contributed by atoms with van der Waals surface area (Å²) in [5.74, 6) is 0. The molecule has 0 aliphatic carbocycles. The van der Waals surface area contributed by atoms with Crippen molar-refractivity contribution in [2.45, 2.75) is 72.4 Å². The molecule has 0 N–H and O–H groups in total. The van der Waals surface area contributed by atoms with E-state index in [1.54, 1.807) is 50.2 Å². The molecule has 0 bridgehead atoms. The number of pyridine rings is 3. The summed E-state index contributed by atoms with van der Waals surface area (Å²) < 4.78 is 72.4. The van der Waals surface area contributed by atoms with Gasteiger partial charge < -0.3 is 14.4 Å². The standard InChI is InChI=1S/C32H33N2O.C12H10N.Ir/c1-20-19-33-28(26-10-8-9-24-25-16-11-21(2)34-30(25)35-29(24)26)17-27(20)32(6,7)18-22-12-14-23(15-13-22)31(3,4)5;1-10-7-8-12(13-9-10)11-5-3-2-4-6-11;/h8-9,11-17,19H,18H2,1-7H3;2-5,7-9H,1H3;/q2*-1;/i1D3,2D3,18D2;;. The molecule has 5 heteroatoms. The average Bonchev–Trinajstić information content (AvgIpc) is 3.53. The predicted octanol–water partition coefficient (Wildman–Crippen LogP) is 11.1. The molecule has 0 atom stereocenters. The van der Waals surface area contributed by atoms with Gasteiger partial charge in [0.05, 0.1) is 5.58 Å². The van der Waals surface area contributed by atoms with Crippen LogP contribution in [0.25, 0.3) is 44.6 Å². The first-order valence-corrected chi connectivity index (χ1v) is 15.9. The Hall–Kier alpha value is -4.44. The van der Waals surface area contributed by atoms with E-state index in [9.17, 15) is 2.74 Å². The maximum Gasteiger partial charge on any atom is 0.216 e. The van der Waals surface area contributed by atoms with Gasteiger partial charge in [-0.1, -0.05) is 88.0 Å². The summed E-state index contributed by atoms with van der Waals surface area (Å²) in [7, 11) is 0. The second-order valence-corrected chi connectivity index (χ2v) is 13.4. The van der Waals surface area contributed by atoms with Gasteiger partial charge in [0.1, 0.15) is 0 Å². The number of hydrogen-bond donors (Lipinski definition) is 0. The summed E-state index contributed by atoms with van der Waals surface area (Å²) in [6.07, 6.45) is 1.18. The van der Waals surface area contributed by atoms with Crippen molar-refractivity contribution in [3.05, 3.63) is 149 Å². The number of furan rings is 1. The van der Waals surface area contributed by atoms with E-state index in [1.807, 2.05) is 55.6 Å². The maximum absolute atomic E-state index is 9.27. The molecule has 7 aromatic rings. The fraction of sp³-hybridized carbons (Fsp3) is 0.250. The molecule has 0 unspecified atom stereocenters. The quantitative estimate of drug-likeness (QED) is 0.162. The molecule has 0 aliphatic heterocycles. The Morgan fingerprint density at radius 3 is 2.27 bits per heavy atom. The zero-order valence-electron chi connectivity index (χ0n) is 36.4. The summed E-state index contributed by atoms with van der Waals surface area (Å²) in [5.41, 5.74) is 4.72. The Labute approximate surface area is 315 Å². The number of fused-ring (bicyclic) bond motifs is 3. The molecule has 7 rings (SSSR count). The topological polar surface area (TPSA) is 51.8 Å². The summed E-state index contributed by atoms with van der Waals surface area (Å²) in [4.78, 5) is 13.0. The van der Waals surface area contributed by atoms with E-state index < -0.39 is 25.5 Å². The largest absolute Gasteiger partial charge is 0.486 e. The number of rotatable bonds is 5. The Bertz CT molecular complexity index is 2490. The molecule has 0 spiro atoms. The number of aromatic nitrogens is 3. The van der Waals surface area contributed by atoms with E-state index in [1.165, 1.54) is 17.8 Å². The van der Waals surface area contributed by atoms with Crippen LogP contribution in [-0.2, 0) is 37.3 Å². The van der Waals surface area contributed by atoms with Crippen molar-refractivity contribution < 1.29 is 35.5 Å². The molecule has 0 aliphatic rings. The SMILES string of the molecule is Cc1ccc(-c2[c-]cccc2)nc1.[2H]C([2H])([2H])c1ccc2c(n1)oc1c(-c3cc(C(C)(C)C([2H])([2H])c4ccc(C(C)(C)C)cc4)c(C([2H])([2H])[2H])cn3)[c-]ccc12.[Ir]. The fourth-order valence-electron chi connectivity index (χ4n) is 5.58. The molecule has 251 valence electrons. The van der Waals surface area contributed by atoms with E-state index >= 15 is 0 Å². The van der Waals surface area contributed by atoms with Crippen LogP contribution in [0, 0.1) is 32.8 Å². The molecule has 0 saturated heterocycles. The third-order valence-corrected chi connectivity index (χ3v) is 8.24. The second kappa shape index (κ2) is 14.6. The van der Waals surface area contributed by atoms with Gasteiger partial charge in [0.2, 0.25) is 5.71 Å². The van der Waals surface area contributed by atoms with E-state index in [4.69, 9.17) is 12.6 Å². The molecule has 3 aromatic carbocycles. The zero-order chi connectivity index (χ0) is 40.8. The van der Waals surface area contributed by atoms with Crippen LogP contribution in [-0.4, -0.2) is 15.0 Å². The van der Waals surface area contributed by atoms with Gasteiger partial charge in [-0.25, -0.2) is 4.98 Å². The third kappa shape index (κ3) is 8.07. The van der Waals surface area contributed by atoms with Gasteiger partial charge in [0.25, 0.3) is 0 Å². The summed E-state index contributed by atoms with van der Waals surface area (Å²) in [5, 5.41) is 1.29. The van der Waals surface area contributed by atoms with E-state index in [0.717, 1.165) is 16.8 Å². The Morgan fingerprint density at radius 2 is 1.59 bits per heavy atom. The minimum atomic E-state index is -2.55.